The van der Waals surface area contributed by atoms with Crippen LogP contribution in [0.1, 0.15) is 10.4 Å². The Balaban J connectivity index is 2.51. The van der Waals surface area contributed by atoms with Crippen molar-refractivity contribution >= 4 is 34.6 Å². The monoisotopic (exact) mass is 310 g/mol. The second kappa shape index (κ2) is 5.76. The molecule has 2 aromatic carbocycles. The van der Waals surface area contributed by atoms with Crippen LogP contribution in [0.15, 0.2) is 36.4 Å². The summed E-state index contributed by atoms with van der Waals surface area (Å²) in [7, 11) is 0. The average Bonchev–Trinajstić information content (AvgIpc) is 2.43. The van der Waals surface area contributed by atoms with Gasteiger partial charge in [0.15, 0.2) is 5.82 Å². The third-order valence-electron chi connectivity index (χ3n) is 2.67. The van der Waals surface area contributed by atoms with Gasteiger partial charge in [0.25, 0.3) is 5.69 Å². The minimum atomic E-state index is -1.30. The molecule has 2 N–H and O–H groups in total. The molecular formula is C13H8ClFN2O4. The van der Waals surface area contributed by atoms with Gasteiger partial charge >= 0.3 is 5.97 Å². The molecule has 0 unspecified atom stereocenters. The lowest BCUT2D eigenvalue weighted by atomic mass is 10.1. The van der Waals surface area contributed by atoms with Crippen molar-refractivity contribution in [3.8, 4) is 0 Å². The first-order valence-electron chi connectivity index (χ1n) is 5.63. The zero-order valence-electron chi connectivity index (χ0n) is 10.3. The Kier molecular flexibility index (Phi) is 4.04. The second-order valence-electron chi connectivity index (χ2n) is 4.02. The first kappa shape index (κ1) is 14.7. The molecule has 2 aromatic rings. The minimum absolute atomic E-state index is 0.0782. The Morgan fingerprint density at radius 3 is 2.62 bits per heavy atom. The van der Waals surface area contributed by atoms with Crippen LogP contribution in [0, 0.1) is 15.9 Å². The van der Waals surface area contributed by atoms with Crippen molar-refractivity contribution in [2.75, 3.05) is 5.32 Å². The van der Waals surface area contributed by atoms with Crippen LogP contribution in [0.25, 0.3) is 0 Å². The van der Waals surface area contributed by atoms with Crippen LogP contribution >= 0.6 is 11.6 Å². The van der Waals surface area contributed by atoms with E-state index in [1.165, 1.54) is 18.2 Å². The molecule has 0 aliphatic carbocycles. The van der Waals surface area contributed by atoms with Gasteiger partial charge in [-0.25, -0.2) is 9.18 Å². The Morgan fingerprint density at radius 2 is 2.00 bits per heavy atom. The van der Waals surface area contributed by atoms with Crippen molar-refractivity contribution in [3.63, 3.8) is 0 Å². The third-order valence-corrected chi connectivity index (χ3v) is 2.96. The van der Waals surface area contributed by atoms with E-state index in [1.54, 1.807) is 0 Å². The first-order chi connectivity index (χ1) is 9.90. The average molecular weight is 311 g/mol. The van der Waals surface area contributed by atoms with Gasteiger partial charge in [-0.15, -0.1) is 0 Å². The van der Waals surface area contributed by atoms with Crippen LogP contribution in [0.2, 0.25) is 5.02 Å². The normalized spacial score (nSPS) is 10.2. The van der Waals surface area contributed by atoms with Crippen LogP contribution in [0.5, 0.6) is 0 Å². The molecule has 2 rings (SSSR count). The van der Waals surface area contributed by atoms with Gasteiger partial charge in [-0.1, -0.05) is 17.7 Å². The number of non-ortho nitro benzene ring substituents is 1. The summed E-state index contributed by atoms with van der Waals surface area (Å²) in [5.74, 6) is -2.07. The highest BCUT2D eigenvalue weighted by Gasteiger charge is 2.17. The molecule has 6 nitrogen and oxygen atoms in total. The number of carbonyl (C=O) groups is 1. The number of carboxylic acid groups (broad SMARTS) is 1. The standard InChI is InChI=1S/C13H8ClFN2O4/c14-9-2-1-3-10(12(9)15)16-11-6-7(17(20)21)4-5-8(11)13(18)19/h1-6,16H,(H,18,19). The summed E-state index contributed by atoms with van der Waals surface area (Å²) in [6, 6.07) is 7.28. The molecule has 0 radical (unpaired) electrons. The summed E-state index contributed by atoms with van der Waals surface area (Å²) in [5, 5.41) is 22.2. The predicted molar refractivity (Wildman–Crippen MR) is 74.7 cm³/mol. The fourth-order valence-corrected chi connectivity index (χ4v) is 1.86. The van der Waals surface area contributed by atoms with Crippen LogP contribution < -0.4 is 5.32 Å². The van der Waals surface area contributed by atoms with Crippen molar-refractivity contribution in [2.24, 2.45) is 0 Å². The summed E-state index contributed by atoms with van der Waals surface area (Å²) in [4.78, 5) is 21.2. The van der Waals surface area contributed by atoms with Gasteiger partial charge in [0.05, 0.1) is 26.9 Å². The van der Waals surface area contributed by atoms with E-state index in [0.717, 1.165) is 18.2 Å². The number of hydrogen-bond acceptors (Lipinski definition) is 4. The van der Waals surface area contributed by atoms with Gasteiger partial charge in [-0.3, -0.25) is 10.1 Å². The van der Waals surface area contributed by atoms with E-state index in [0.29, 0.717) is 0 Å². The van der Waals surface area contributed by atoms with E-state index < -0.39 is 16.7 Å². The molecule has 0 heterocycles. The number of nitrogens with zero attached hydrogens (tertiary/aromatic N) is 1. The maximum absolute atomic E-state index is 13.8. The highest BCUT2D eigenvalue weighted by atomic mass is 35.5. The number of rotatable bonds is 4. The molecule has 8 heteroatoms. The van der Waals surface area contributed by atoms with E-state index in [1.807, 2.05) is 0 Å². The predicted octanol–water partition coefficient (Wildman–Crippen LogP) is 3.83. The van der Waals surface area contributed by atoms with Gasteiger partial charge in [0, 0.05) is 12.1 Å². The molecule has 0 aliphatic rings. The summed E-state index contributed by atoms with van der Waals surface area (Å²) >= 11 is 5.62. The largest absolute Gasteiger partial charge is 0.478 e. The first-order valence-corrected chi connectivity index (χ1v) is 6.00. The Bertz CT molecular complexity index is 736. The molecule has 108 valence electrons. The summed E-state index contributed by atoms with van der Waals surface area (Å²) < 4.78 is 13.8. The molecule has 0 saturated heterocycles. The van der Waals surface area contributed by atoms with Crippen molar-refractivity contribution in [3.05, 3.63) is 62.9 Å². The fourth-order valence-electron chi connectivity index (χ4n) is 1.68. The number of anilines is 2. The fraction of sp³-hybridized carbons (Fsp3) is 0. The summed E-state index contributed by atoms with van der Waals surface area (Å²) in [6.45, 7) is 0. The molecule has 0 amide bonds. The van der Waals surface area contributed by atoms with Gasteiger partial charge in [0.1, 0.15) is 0 Å². The van der Waals surface area contributed by atoms with E-state index in [2.05, 4.69) is 5.32 Å². The Hall–Kier alpha value is -2.67. The third kappa shape index (κ3) is 3.09. The quantitative estimate of drug-likeness (QED) is 0.661. The van der Waals surface area contributed by atoms with Gasteiger partial charge in [-0.05, 0) is 18.2 Å². The second-order valence-corrected chi connectivity index (χ2v) is 4.43. The number of hydrogen-bond donors (Lipinski definition) is 2. The smallest absolute Gasteiger partial charge is 0.337 e. The van der Waals surface area contributed by atoms with E-state index in [-0.39, 0.29) is 27.6 Å². The highest BCUT2D eigenvalue weighted by molar-refractivity contribution is 6.31. The van der Waals surface area contributed by atoms with Crippen molar-refractivity contribution < 1.29 is 19.2 Å². The zero-order valence-corrected chi connectivity index (χ0v) is 11.1. The summed E-state index contributed by atoms with van der Waals surface area (Å²) in [6.07, 6.45) is 0. The van der Waals surface area contributed by atoms with Crippen LogP contribution in [0.3, 0.4) is 0 Å². The molecule has 0 bridgehead atoms. The lowest BCUT2D eigenvalue weighted by Crippen LogP contribution is -2.04. The molecule has 0 atom stereocenters. The maximum Gasteiger partial charge on any atom is 0.337 e. The van der Waals surface area contributed by atoms with Crippen molar-refractivity contribution in [2.45, 2.75) is 0 Å². The topological polar surface area (TPSA) is 92.5 Å². The van der Waals surface area contributed by atoms with Gasteiger partial charge in [-0.2, -0.15) is 0 Å². The van der Waals surface area contributed by atoms with E-state index in [9.17, 15) is 19.3 Å². The number of nitro groups is 1. The molecule has 0 aromatic heterocycles. The van der Waals surface area contributed by atoms with Gasteiger partial charge in [0.2, 0.25) is 0 Å². The van der Waals surface area contributed by atoms with Crippen molar-refractivity contribution in [1.82, 2.24) is 0 Å². The molecule has 0 fully saturated rings. The summed E-state index contributed by atoms with van der Waals surface area (Å²) in [5.41, 5.74) is -0.715. The number of nitro benzene ring substituents is 1. The highest BCUT2D eigenvalue weighted by Crippen LogP contribution is 2.29. The SMILES string of the molecule is O=C(O)c1ccc([N+](=O)[O-])cc1Nc1cccc(Cl)c1F. The molecule has 0 saturated carbocycles. The van der Waals surface area contributed by atoms with E-state index >= 15 is 0 Å². The lowest BCUT2D eigenvalue weighted by molar-refractivity contribution is -0.384. The lowest BCUT2D eigenvalue weighted by Gasteiger charge is -2.11. The number of nitrogens with one attached hydrogen (secondary N) is 1. The molecule has 21 heavy (non-hydrogen) atoms. The Morgan fingerprint density at radius 1 is 1.29 bits per heavy atom. The van der Waals surface area contributed by atoms with Crippen LogP contribution in [0.4, 0.5) is 21.5 Å². The molecular weight excluding hydrogens is 303 g/mol. The van der Waals surface area contributed by atoms with E-state index in [4.69, 9.17) is 16.7 Å². The molecule has 0 aliphatic heterocycles. The minimum Gasteiger partial charge on any atom is -0.478 e. The molecule has 0 spiro atoms. The van der Waals surface area contributed by atoms with Crippen LogP contribution in [-0.2, 0) is 0 Å². The zero-order chi connectivity index (χ0) is 15.6. The maximum atomic E-state index is 13.8. The number of carboxylic acids is 1. The number of halogens is 2. The number of benzene rings is 2. The Labute approximate surface area is 122 Å². The van der Waals surface area contributed by atoms with Gasteiger partial charge < -0.3 is 10.4 Å². The van der Waals surface area contributed by atoms with Crippen LogP contribution in [-0.4, -0.2) is 16.0 Å². The van der Waals surface area contributed by atoms with Crippen molar-refractivity contribution in [1.29, 1.82) is 0 Å². The number of aromatic carboxylic acids is 1.